The van der Waals surface area contributed by atoms with Gasteiger partial charge < -0.3 is 34.7 Å². The molecule has 2 atom stereocenters. The lowest BCUT2D eigenvalue weighted by atomic mass is 9.90. The number of pyridine rings is 3. The molecule has 0 saturated carbocycles. The maximum Gasteiger partial charge on any atom is 0.276 e. The summed E-state index contributed by atoms with van der Waals surface area (Å²) in [5, 5.41) is 19.2. The summed E-state index contributed by atoms with van der Waals surface area (Å²) in [7, 11) is 1.65. The molecular formula is C49H51N11O8. The number of anilines is 5. The molecule has 19 heteroatoms. The van der Waals surface area contributed by atoms with Crippen LogP contribution in [0.3, 0.4) is 0 Å². The van der Waals surface area contributed by atoms with E-state index in [-0.39, 0.29) is 71.6 Å². The Morgan fingerprint density at radius 2 is 1.71 bits per heavy atom. The first-order valence-electron chi connectivity index (χ1n) is 22.8. The summed E-state index contributed by atoms with van der Waals surface area (Å²) in [6, 6.07) is 12.7. The van der Waals surface area contributed by atoms with E-state index in [1.165, 1.54) is 28.0 Å². The van der Waals surface area contributed by atoms with Gasteiger partial charge in [0.25, 0.3) is 23.3 Å². The zero-order valence-electron chi connectivity index (χ0n) is 38.2. The first-order valence-corrected chi connectivity index (χ1v) is 22.8. The molecule has 4 aliphatic heterocycles. The average molecular weight is 922 g/mol. The van der Waals surface area contributed by atoms with Crippen molar-refractivity contribution < 1.29 is 33.9 Å². The van der Waals surface area contributed by atoms with E-state index in [1.807, 2.05) is 19.1 Å². The third-order valence-corrected chi connectivity index (χ3v) is 13.8. The highest BCUT2D eigenvalue weighted by Crippen LogP contribution is 2.40. The largest absolute Gasteiger partial charge is 0.392 e. The van der Waals surface area contributed by atoms with Crippen molar-refractivity contribution >= 4 is 64.1 Å². The lowest BCUT2D eigenvalue weighted by molar-refractivity contribution is -0.136. The van der Waals surface area contributed by atoms with Crippen molar-refractivity contribution in [2.24, 2.45) is 12.5 Å². The minimum absolute atomic E-state index is 0.0263. The number of aromatic nitrogens is 4. The molecule has 68 heavy (non-hydrogen) atoms. The van der Waals surface area contributed by atoms with Crippen molar-refractivity contribution in [1.29, 1.82) is 0 Å². The van der Waals surface area contributed by atoms with Crippen molar-refractivity contribution in [1.82, 2.24) is 34.2 Å². The highest BCUT2D eigenvalue weighted by atomic mass is 16.3. The molecule has 2 fully saturated rings. The summed E-state index contributed by atoms with van der Waals surface area (Å²) in [5.74, 6) is -1.84. The van der Waals surface area contributed by atoms with Crippen LogP contribution in [-0.4, -0.2) is 114 Å². The van der Waals surface area contributed by atoms with Gasteiger partial charge in [-0.3, -0.25) is 48.7 Å². The van der Waals surface area contributed by atoms with Gasteiger partial charge in [-0.2, -0.15) is 0 Å². The Bertz CT molecular complexity index is 3030. The molecule has 4 N–H and O–H groups in total. The molecule has 0 spiro atoms. The minimum atomic E-state index is -1.07. The van der Waals surface area contributed by atoms with Crippen molar-refractivity contribution in [2.45, 2.75) is 71.7 Å². The molecule has 0 radical (unpaired) electrons. The standard InChI is InChI=1S/C49H51N11O8/c1-27-24-56(42(63)23-51-30-5-7-33-34(19-30)46(66)60(45(33)65)37-8-10-41(62)54-44(37)64)13-14-57(27)31-6-9-40(52-22-31)53-36-17-29(25-55(4)47(36)67)32-11-12-50-43(35(32)26-61)59-16-15-58-38(48(59)68)18-28-20-49(2,3)21-39(28)58/h5-7,9,11-12,17-19,22,25,27,37,51,61H,8,10,13-16,20-21,23-24,26H2,1-4H3,(H,52,53)(H,54,62,64)/t27-,37?/m0/s1. The van der Waals surface area contributed by atoms with E-state index in [0.29, 0.717) is 72.4 Å². The molecular weight excluding hydrogens is 871 g/mol. The van der Waals surface area contributed by atoms with Crippen LogP contribution in [0.25, 0.3) is 11.1 Å². The Labute approximate surface area is 390 Å². The van der Waals surface area contributed by atoms with Crippen LogP contribution < -0.4 is 31.3 Å². The number of aliphatic hydroxyl groups excluding tert-OH is 1. The number of nitrogens with one attached hydrogen (secondary N) is 3. The molecule has 10 rings (SSSR count). The zero-order chi connectivity index (χ0) is 47.8. The van der Waals surface area contributed by atoms with Gasteiger partial charge in [0.15, 0.2) is 0 Å². The monoisotopic (exact) mass is 921 g/mol. The van der Waals surface area contributed by atoms with Gasteiger partial charge in [0.2, 0.25) is 17.7 Å². The van der Waals surface area contributed by atoms with E-state index < -0.39 is 29.7 Å². The lowest BCUT2D eigenvalue weighted by Gasteiger charge is -2.41. The molecule has 2 saturated heterocycles. The quantitative estimate of drug-likeness (QED) is 0.148. The number of imide groups is 2. The number of rotatable bonds is 10. The molecule has 0 bridgehead atoms. The van der Waals surface area contributed by atoms with E-state index >= 15 is 0 Å². The van der Waals surface area contributed by atoms with Crippen molar-refractivity contribution in [3.63, 3.8) is 0 Å². The normalized spacial score (nSPS) is 19.8. The maximum atomic E-state index is 14.0. The van der Waals surface area contributed by atoms with Crippen molar-refractivity contribution in [3.05, 3.63) is 111 Å². The fourth-order valence-electron chi connectivity index (χ4n) is 10.4. The van der Waals surface area contributed by atoms with Crippen LogP contribution in [0.4, 0.5) is 28.7 Å². The predicted octanol–water partition coefficient (Wildman–Crippen LogP) is 3.22. The summed E-state index contributed by atoms with van der Waals surface area (Å²) >= 11 is 0. The topological polar surface area (TPSA) is 224 Å². The van der Waals surface area contributed by atoms with Gasteiger partial charge in [-0.15, -0.1) is 0 Å². The fourth-order valence-corrected chi connectivity index (χ4v) is 10.4. The van der Waals surface area contributed by atoms with E-state index in [0.717, 1.165) is 23.4 Å². The number of benzene rings is 1. The Hall–Kier alpha value is -7.67. The lowest BCUT2D eigenvalue weighted by Crippen LogP contribution is -2.54. The summed E-state index contributed by atoms with van der Waals surface area (Å²) in [5.41, 5.74) is 6.55. The number of aliphatic hydroxyl groups is 1. The second-order valence-electron chi connectivity index (χ2n) is 19.0. The van der Waals surface area contributed by atoms with Crippen molar-refractivity contribution in [2.75, 3.05) is 53.2 Å². The third-order valence-electron chi connectivity index (χ3n) is 13.8. The molecule has 5 aliphatic rings. The fraction of sp³-hybridized carbons (Fsp3) is 0.367. The van der Waals surface area contributed by atoms with Crippen LogP contribution >= 0.6 is 0 Å². The van der Waals surface area contributed by atoms with Gasteiger partial charge in [-0.05, 0) is 91.3 Å². The Morgan fingerprint density at radius 1 is 0.897 bits per heavy atom. The third kappa shape index (κ3) is 7.75. The molecule has 8 heterocycles. The Kier molecular flexibility index (Phi) is 11.0. The number of piperazine rings is 1. The Balaban J connectivity index is 0.773. The molecule has 1 aliphatic carbocycles. The molecule has 1 unspecified atom stereocenters. The number of hydrogen-bond acceptors (Lipinski definition) is 13. The van der Waals surface area contributed by atoms with Gasteiger partial charge in [0.1, 0.15) is 29.1 Å². The number of aryl methyl sites for hydroxylation is 1. The van der Waals surface area contributed by atoms with Crippen LogP contribution in [-0.2, 0) is 47.4 Å². The van der Waals surface area contributed by atoms with Gasteiger partial charge in [-0.25, -0.2) is 9.97 Å². The van der Waals surface area contributed by atoms with E-state index in [4.69, 9.17) is 0 Å². The smallest absolute Gasteiger partial charge is 0.276 e. The van der Waals surface area contributed by atoms with Crippen LogP contribution in [0.15, 0.2) is 71.9 Å². The minimum Gasteiger partial charge on any atom is -0.392 e. The second kappa shape index (κ2) is 16.9. The predicted molar refractivity (Wildman–Crippen MR) is 251 cm³/mol. The summed E-state index contributed by atoms with van der Waals surface area (Å²) in [4.78, 5) is 107. The highest BCUT2D eigenvalue weighted by Gasteiger charge is 2.45. The summed E-state index contributed by atoms with van der Waals surface area (Å²) in [6.45, 7) is 8.53. The van der Waals surface area contributed by atoms with Crippen LogP contribution in [0, 0.1) is 5.41 Å². The zero-order valence-corrected chi connectivity index (χ0v) is 38.2. The average Bonchev–Trinajstić information content (AvgIpc) is 3.90. The van der Waals surface area contributed by atoms with Crippen molar-refractivity contribution in [3.8, 4) is 11.1 Å². The van der Waals surface area contributed by atoms with E-state index in [9.17, 15) is 38.7 Å². The number of piperidine rings is 1. The summed E-state index contributed by atoms with van der Waals surface area (Å²) in [6.07, 6.45) is 6.96. The van der Waals surface area contributed by atoms with E-state index in [2.05, 4.69) is 49.2 Å². The molecule has 1 aromatic carbocycles. The maximum absolute atomic E-state index is 14.0. The van der Waals surface area contributed by atoms with Gasteiger partial charge >= 0.3 is 0 Å². The number of carbonyl (C=O) groups is 6. The number of fused-ring (bicyclic) bond motifs is 4. The summed E-state index contributed by atoms with van der Waals surface area (Å²) < 4.78 is 3.60. The number of nitrogens with zero attached hydrogens (tertiary/aromatic N) is 8. The molecule has 5 aromatic rings. The first-order chi connectivity index (χ1) is 32.6. The molecule has 350 valence electrons. The van der Waals surface area contributed by atoms with E-state index in [1.54, 1.807) is 59.7 Å². The van der Waals surface area contributed by atoms with Crippen LogP contribution in [0.1, 0.15) is 81.6 Å². The Morgan fingerprint density at radius 3 is 2.46 bits per heavy atom. The second-order valence-corrected chi connectivity index (χ2v) is 19.0. The molecule has 19 nitrogen and oxygen atoms in total. The molecule has 4 aromatic heterocycles. The van der Waals surface area contributed by atoms with Gasteiger partial charge in [0, 0.05) is 87.1 Å². The van der Waals surface area contributed by atoms with Crippen LogP contribution in [0.2, 0.25) is 0 Å². The highest BCUT2D eigenvalue weighted by molar-refractivity contribution is 6.23. The molecule has 6 amide bonds. The van der Waals surface area contributed by atoms with Crippen LogP contribution in [0.5, 0.6) is 0 Å². The number of amides is 6. The number of hydrogen-bond donors (Lipinski definition) is 4. The first kappa shape index (κ1) is 44.2. The number of carbonyl (C=O) groups excluding carboxylic acids is 6. The van der Waals surface area contributed by atoms with Gasteiger partial charge in [0.05, 0.1) is 36.2 Å². The van der Waals surface area contributed by atoms with Gasteiger partial charge in [-0.1, -0.05) is 13.8 Å². The SMILES string of the molecule is C[C@H]1CN(C(=O)CNc2ccc3c(c2)C(=O)N(C2CCC(=O)NC2=O)C3=O)CCN1c1ccc(Nc2cc(-c3ccnc(N4CCn5c(cc6c5CC(C)(C)C6)C4=O)c3CO)cn(C)c2=O)nc1.